The minimum Gasteiger partial charge on any atom is -0.352 e. The van der Waals surface area contributed by atoms with Gasteiger partial charge in [0.15, 0.2) is 0 Å². The van der Waals surface area contributed by atoms with Crippen LogP contribution in [0.25, 0.3) is 0 Å². The van der Waals surface area contributed by atoms with Gasteiger partial charge in [0.05, 0.1) is 6.04 Å². The van der Waals surface area contributed by atoms with E-state index in [1.54, 1.807) is 0 Å². The molecule has 1 saturated heterocycles. The van der Waals surface area contributed by atoms with Crippen molar-refractivity contribution >= 4 is 5.91 Å². The summed E-state index contributed by atoms with van der Waals surface area (Å²) >= 11 is 0. The summed E-state index contributed by atoms with van der Waals surface area (Å²) in [6, 6.07) is 0.639. The summed E-state index contributed by atoms with van der Waals surface area (Å²) in [6.45, 7) is 6.07. The van der Waals surface area contributed by atoms with Crippen LogP contribution in [0.3, 0.4) is 0 Å². The molecule has 1 aliphatic heterocycles. The largest absolute Gasteiger partial charge is 0.352 e. The summed E-state index contributed by atoms with van der Waals surface area (Å²) in [6.07, 6.45) is 7.27. The molecule has 0 aromatic carbocycles. The van der Waals surface area contributed by atoms with Crippen molar-refractivity contribution in [1.82, 2.24) is 10.2 Å². The molecule has 0 spiro atoms. The van der Waals surface area contributed by atoms with Gasteiger partial charge in [-0.25, -0.2) is 0 Å². The zero-order valence-corrected chi connectivity index (χ0v) is 12.4. The fourth-order valence-electron chi connectivity index (χ4n) is 3.33. The third kappa shape index (κ3) is 3.93. The van der Waals surface area contributed by atoms with Crippen molar-refractivity contribution in [2.45, 2.75) is 70.5 Å². The fourth-order valence-corrected chi connectivity index (χ4v) is 3.33. The number of rotatable bonds is 4. The van der Waals surface area contributed by atoms with Gasteiger partial charge in [-0.2, -0.15) is 0 Å². The van der Waals surface area contributed by atoms with Crippen LogP contribution in [0.2, 0.25) is 0 Å². The van der Waals surface area contributed by atoms with Crippen molar-refractivity contribution < 1.29 is 4.79 Å². The van der Waals surface area contributed by atoms with Gasteiger partial charge in [0.1, 0.15) is 0 Å². The zero-order valence-electron chi connectivity index (χ0n) is 12.4. The molecule has 2 fully saturated rings. The molecule has 1 amide bonds. The van der Waals surface area contributed by atoms with Gasteiger partial charge in [0.25, 0.3) is 0 Å². The molecule has 19 heavy (non-hydrogen) atoms. The van der Waals surface area contributed by atoms with E-state index in [0.29, 0.717) is 12.0 Å². The van der Waals surface area contributed by atoms with E-state index in [1.807, 2.05) is 6.92 Å². The standard InChI is InChI=1S/C15H29N3O/c1-11(16)13-8-9-18(10-13)12(2)15(19)17-14-6-4-3-5-7-14/h11-14H,3-10,16H2,1-2H3,(H,17,19). The van der Waals surface area contributed by atoms with Crippen LogP contribution in [-0.2, 0) is 4.79 Å². The van der Waals surface area contributed by atoms with E-state index in [9.17, 15) is 4.79 Å². The maximum absolute atomic E-state index is 12.3. The smallest absolute Gasteiger partial charge is 0.237 e. The quantitative estimate of drug-likeness (QED) is 0.811. The lowest BCUT2D eigenvalue weighted by Crippen LogP contribution is -2.48. The van der Waals surface area contributed by atoms with Crippen LogP contribution in [0, 0.1) is 5.92 Å². The Bertz CT molecular complexity index is 300. The number of nitrogens with one attached hydrogen (secondary N) is 1. The normalized spacial score (nSPS) is 29.1. The van der Waals surface area contributed by atoms with Gasteiger partial charge in [0.2, 0.25) is 5.91 Å². The molecule has 1 aliphatic carbocycles. The van der Waals surface area contributed by atoms with Gasteiger partial charge >= 0.3 is 0 Å². The lowest BCUT2D eigenvalue weighted by Gasteiger charge is -2.28. The Balaban J connectivity index is 1.79. The first-order valence-electron chi connectivity index (χ1n) is 7.88. The highest BCUT2D eigenvalue weighted by atomic mass is 16.2. The average Bonchev–Trinajstić information content (AvgIpc) is 2.88. The summed E-state index contributed by atoms with van der Waals surface area (Å²) in [7, 11) is 0. The second-order valence-corrected chi connectivity index (χ2v) is 6.42. The van der Waals surface area contributed by atoms with Gasteiger partial charge in [-0.1, -0.05) is 19.3 Å². The molecular weight excluding hydrogens is 238 g/mol. The molecule has 4 heteroatoms. The van der Waals surface area contributed by atoms with Crippen molar-refractivity contribution in [3.05, 3.63) is 0 Å². The Morgan fingerprint density at radius 2 is 1.89 bits per heavy atom. The van der Waals surface area contributed by atoms with Crippen LogP contribution in [0.1, 0.15) is 52.4 Å². The first-order chi connectivity index (χ1) is 9.08. The number of carbonyl (C=O) groups excluding carboxylic acids is 1. The Kier molecular flexibility index (Phi) is 5.22. The van der Waals surface area contributed by atoms with E-state index in [1.165, 1.54) is 19.3 Å². The summed E-state index contributed by atoms with van der Waals surface area (Å²) in [5.74, 6) is 0.752. The number of amides is 1. The number of hydrogen-bond donors (Lipinski definition) is 2. The Morgan fingerprint density at radius 1 is 1.21 bits per heavy atom. The molecule has 1 heterocycles. The number of likely N-dealkylation sites (tertiary alicyclic amines) is 1. The molecule has 2 aliphatic rings. The third-order valence-electron chi connectivity index (χ3n) is 4.88. The van der Waals surface area contributed by atoms with Gasteiger partial charge in [-0.05, 0) is 45.6 Å². The van der Waals surface area contributed by atoms with Crippen LogP contribution in [0.15, 0.2) is 0 Å². The Labute approximate surface area is 117 Å². The highest BCUT2D eigenvalue weighted by molar-refractivity contribution is 5.81. The lowest BCUT2D eigenvalue weighted by molar-refractivity contribution is -0.126. The molecule has 0 aromatic heterocycles. The molecule has 4 nitrogen and oxygen atoms in total. The maximum atomic E-state index is 12.3. The molecule has 0 aromatic rings. The highest BCUT2D eigenvalue weighted by Crippen LogP contribution is 2.22. The minimum atomic E-state index is -0.00863. The fraction of sp³-hybridized carbons (Fsp3) is 0.933. The predicted octanol–water partition coefficient (Wildman–Crippen LogP) is 1.49. The monoisotopic (exact) mass is 267 g/mol. The third-order valence-corrected chi connectivity index (χ3v) is 4.88. The van der Waals surface area contributed by atoms with Crippen LogP contribution in [-0.4, -0.2) is 42.0 Å². The summed E-state index contributed by atoms with van der Waals surface area (Å²) in [4.78, 5) is 14.6. The summed E-state index contributed by atoms with van der Waals surface area (Å²) < 4.78 is 0. The van der Waals surface area contributed by atoms with E-state index >= 15 is 0 Å². The van der Waals surface area contributed by atoms with Crippen LogP contribution < -0.4 is 11.1 Å². The van der Waals surface area contributed by atoms with E-state index in [-0.39, 0.29) is 18.0 Å². The number of nitrogens with zero attached hydrogens (tertiary/aromatic N) is 1. The second-order valence-electron chi connectivity index (χ2n) is 6.42. The lowest BCUT2D eigenvalue weighted by atomic mass is 9.95. The van der Waals surface area contributed by atoms with E-state index in [2.05, 4.69) is 17.1 Å². The predicted molar refractivity (Wildman–Crippen MR) is 77.8 cm³/mol. The SMILES string of the molecule is CC(N)C1CCN(C(C)C(=O)NC2CCCCC2)C1. The van der Waals surface area contributed by atoms with Crippen molar-refractivity contribution in [2.24, 2.45) is 11.7 Å². The van der Waals surface area contributed by atoms with Gasteiger partial charge < -0.3 is 11.1 Å². The van der Waals surface area contributed by atoms with Crippen molar-refractivity contribution in [3.8, 4) is 0 Å². The van der Waals surface area contributed by atoms with Gasteiger partial charge in [-0.3, -0.25) is 9.69 Å². The summed E-state index contributed by atoms with van der Waals surface area (Å²) in [5, 5.41) is 3.23. The molecule has 3 N–H and O–H groups in total. The molecular formula is C15H29N3O. The molecule has 3 atom stereocenters. The second kappa shape index (κ2) is 6.71. The van der Waals surface area contributed by atoms with Gasteiger partial charge in [0, 0.05) is 18.6 Å². The number of carbonyl (C=O) groups is 1. The number of nitrogens with two attached hydrogens (primary N) is 1. The summed E-state index contributed by atoms with van der Waals surface area (Å²) in [5.41, 5.74) is 5.96. The first-order valence-corrected chi connectivity index (χ1v) is 7.88. The van der Waals surface area contributed by atoms with E-state index in [0.717, 1.165) is 32.4 Å². The van der Waals surface area contributed by atoms with Crippen molar-refractivity contribution in [1.29, 1.82) is 0 Å². The molecule has 2 rings (SSSR count). The molecule has 3 unspecified atom stereocenters. The molecule has 1 saturated carbocycles. The maximum Gasteiger partial charge on any atom is 0.237 e. The van der Waals surface area contributed by atoms with Crippen LogP contribution >= 0.6 is 0 Å². The first kappa shape index (κ1) is 14.8. The Hall–Kier alpha value is -0.610. The van der Waals surface area contributed by atoms with Crippen LogP contribution in [0.4, 0.5) is 0 Å². The van der Waals surface area contributed by atoms with E-state index in [4.69, 9.17) is 5.73 Å². The van der Waals surface area contributed by atoms with E-state index < -0.39 is 0 Å². The van der Waals surface area contributed by atoms with Gasteiger partial charge in [-0.15, -0.1) is 0 Å². The zero-order chi connectivity index (χ0) is 13.8. The molecule has 110 valence electrons. The minimum absolute atomic E-state index is 0.00863. The number of hydrogen-bond acceptors (Lipinski definition) is 3. The average molecular weight is 267 g/mol. The van der Waals surface area contributed by atoms with Crippen molar-refractivity contribution in [2.75, 3.05) is 13.1 Å². The molecule has 0 bridgehead atoms. The topological polar surface area (TPSA) is 58.4 Å². The Morgan fingerprint density at radius 3 is 2.47 bits per heavy atom. The molecule has 0 radical (unpaired) electrons. The van der Waals surface area contributed by atoms with Crippen LogP contribution in [0.5, 0.6) is 0 Å². The highest BCUT2D eigenvalue weighted by Gasteiger charge is 2.31. The van der Waals surface area contributed by atoms with Crippen molar-refractivity contribution in [3.63, 3.8) is 0 Å².